The minimum atomic E-state index is -0.151. The van der Waals surface area contributed by atoms with Crippen LogP contribution in [0.3, 0.4) is 0 Å². The highest BCUT2D eigenvalue weighted by Crippen LogP contribution is 2.31. The first-order chi connectivity index (χ1) is 12.3. The van der Waals surface area contributed by atoms with Crippen molar-refractivity contribution in [3.8, 4) is 0 Å². The zero-order valence-electron chi connectivity index (χ0n) is 14.9. The lowest BCUT2D eigenvalue weighted by molar-refractivity contribution is 0.0196. The molecule has 1 aromatic rings. The SMILES string of the molecule is O=C(OCc1ccccc1)N1CCN[C@H]2[C@H](N3CCCC3)CCC[C@H]21. The predicted octanol–water partition coefficient (Wildman–Crippen LogP) is 2.61. The van der Waals surface area contributed by atoms with Gasteiger partial charge in [0.1, 0.15) is 6.61 Å². The molecule has 2 aliphatic heterocycles. The van der Waals surface area contributed by atoms with E-state index >= 15 is 0 Å². The highest BCUT2D eigenvalue weighted by atomic mass is 16.6. The number of ether oxygens (including phenoxy) is 1. The van der Waals surface area contributed by atoms with Crippen LogP contribution in [0.2, 0.25) is 0 Å². The van der Waals surface area contributed by atoms with Crippen molar-refractivity contribution in [2.45, 2.75) is 56.8 Å². The Kier molecular flexibility index (Phi) is 5.22. The molecule has 3 aliphatic rings. The van der Waals surface area contributed by atoms with Gasteiger partial charge in [0.15, 0.2) is 0 Å². The van der Waals surface area contributed by atoms with Crippen molar-refractivity contribution in [3.63, 3.8) is 0 Å². The van der Waals surface area contributed by atoms with Crippen LogP contribution in [0.15, 0.2) is 30.3 Å². The molecule has 2 saturated heterocycles. The van der Waals surface area contributed by atoms with Gasteiger partial charge < -0.3 is 15.0 Å². The maximum atomic E-state index is 12.7. The standard InChI is InChI=1S/C20H29N3O2/c24-20(25-15-16-7-2-1-3-8-16)23-14-11-21-19-17(9-6-10-18(19)23)22-12-4-5-13-22/h1-3,7-8,17-19,21H,4-6,9-15H2/t17-,18-,19+/m1/s1. The molecule has 1 aromatic carbocycles. The fourth-order valence-electron chi connectivity index (χ4n) is 4.80. The van der Waals surface area contributed by atoms with E-state index in [0.717, 1.165) is 25.1 Å². The van der Waals surface area contributed by atoms with Crippen molar-refractivity contribution < 1.29 is 9.53 Å². The van der Waals surface area contributed by atoms with Gasteiger partial charge in [0.05, 0.1) is 6.04 Å². The number of amides is 1. The third-order valence-electron chi connectivity index (χ3n) is 6.01. The van der Waals surface area contributed by atoms with E-state index in [1.165, 1.54) is 38.8 Å². The molecule has 5 nitrogen and oxygen atoms in total. The van der Waals surface area contributed by atoms with Gasteiger partial charge in [-0.1, -0.05) is 30.3 Å². The summed E-state index contributed by atoms with van der Waals surface area (Å²) < 4.78 is 5.62. The van der Waals surface area contributed by atoms with Crippen LogP contribution in [0, 0.1) is 0 Å². The molecule has 0 radical (unpaired) electrons. The molecule has 3 fully saturated rings. The number of carbonyl (C=O) groups is 1. The Morgan fingerprint density at radius 1 is 1.04 bits per heavy atom. The zero-order valence-corrected chi connectivity index (χ0v) is 14.9. The molecule has 136 valence electrons. The summed E-state index contributed by atoms with van der Waals surface area (Å²) in [6, 6.07) is 11.2. The Hall–Kier alpha value is -1.59. The van der Waals surface area contributed by atoms with Crippen LogP contribution < -0.4 is 5.32 Å². The summed E-state index contributed by atoms with van der Waals surface area (Å²) in [5.74, 6) is 0. The summed E-state index contributed by atoms with van der Waals surface area (Å²) in [6.45, 7) is 4.41. The van der Waals surface area contributed by atoms with Gasteiger partial charge in [0.2, 0.25) is 0 Å². The molecule has 0 spiro atoms. The second-order valence-corrected chi connectivity index (χ2v) is 7.52. The van der Waals surface area contributed by atoms with Crippen molar-refractivity contribution in [1.82, 2.24) is 15.1 Å². The van der Waals surface area contributed by atoms with Crippen LogP contribution in [0.1, 0.15) is 37.7 Å². The monoisotopic (exact) mass is 343 g/mol. The summed E-state index contributed by atoms with van der Waals surface area (Å²) >= 11 is 0. The van der Waals surface area contributed by atoms with E-state index in [9.17, 15) is 4.79 Å². The first kappa shape index (κ1) is 16.9. The van der Waals surface area contributed by atoms with E-state index in [-0.39, 0.29) is 12.1 Å². The average molecular weight is 343 g/mol. The molecule has 2 heterocycles. The summed E-state index contributed by atoms with van der Waals surface area (Å²) in [4.78, 5) is 17.4. The Morgan fingerprint density at radius 2 is 1.80 bits per heavy atom. The molecule has 25 heavy (non-hydrogen) atoms. The quantitative estimate of drug-likeness (QED) is 0.916. The zero-order chi connectivity index (χ0) is 17.1. The van der Waals surface area contributed by atoms with Crippen LogP contribution in [-0.2, 0) is 11.3 Å². The van der Waals surface area contributed by atoms with Gasteiger partial charge in [0.25, 0.3) is 0 Å². The molecule has 5 heteroatoms. The van der Waals surface area contributed by atoms with Gasteiger partial charge in [-0.3, -0.25) is 4.90 Å². The van der Waals surface area contributed by atoms with E-state index in [1.807, 2.05) is 35.2 Å². The lowest BCUT2D eigenvalue weighted by Gasteiger charge is -2.49. The van der Waals surface area contributed by atoms with E-state index in [0.29, 0.717) is 18.7 Å². The molecule has 0 unspecified atom stereocenters. The predicted molar refractivity (Wildman–Crippen MR) is 97.4 cm³/mol. The summed E-state index contributed by atoms with van der Waals surface area (Å²) in [5.41, 5.74) is 1.04. The van der Waals surface area contributed by atoms with Gasteiger partial charge >= 0.3 is 6.09 Å². The van der Waals surface area contributed by atoms with Crippen molar-refractivity contribution in [2.24, 2.45) is 0 Å². The lowest BCUT2D eigenvalue weighted by atomic mass is 9.83. The molecule has 1 aliphatic carbocycles. The van der Waals surface area contributed by atoms with E-state index in [1.54, 1.807) is 0 Å². The molecular formula is C20H29N3O2. The summed E-state index contributed by atoms with van der Waals surface area (Å²) in [6.07, 6.45) is 6.02. The molecule has 4 rings (SSSR count). The second kappa shape index (κ2) is 7.75. The van der Waals surface area contributed by atoms with Gasteiger partial charge in [-0.15, -0.1) is 0 Å². The number of hydrogen-bond acceptors (Lipinski definition) is 4. The third kappa shape index (κ3) is 3.67. The molecule has 1 N–H and O–H groups in total. The Balaban J connectivity index is 1.40. The van der Waals surface area contributed by atoms with Gasteiger partial charge in [-0.2, -0.15) is 0 Å². The first-order valence-corrected chi connectivity index (χ1v) is 9.78. The highest BCUT2D eigenvalue weighted by Gasteiger charge is 2.43. The average Bonchev–Trinajstić information content (AvgIpc) is 3.20. The lowest BCUT2D eigenvalue weighted by Crippen LogP contribution is -2.67. The smallest absolute Gasteiger partial charge is 0.410 e. The maximum Gasteiger partial charge on any atom is 0.410 e. The first-order valence-electron chi connectivity index (χ1n) is 9.78. The van der Waals surface area contributed by atoms with Crippen LogP contribution in [0.5, 0.6) is 0 Å². The fourth-order valence-corrected chi connectivity index (χ4v) is 4.80. The second-order valence-electron chi connectivity index (χ2n) is 7.52. The van der Waals surface area contributed by atoms with Crippen LogP contribution in [0.4, 0.5) is 4.79 Å². The van der Waals surface area contributed by atoms with E-state index < -0.39 is 0 Å². The third-order valence-corrected chi connectivity index (χ3v) is 6.01. The number of piperazine rings is 1. The molecule has 1 amide bonds. The van der Waals surface area contributed by atoms with Gasteiger partial charge in [-0.25, -0.2) is 4.79 Å². The van der Waals surface area contributed by atoms with Gasteiger partial charge in [-0.05, 0) is 50.8 Å². The summed E-state index contributed by atoms with van der Waals surface area (Å²) in [7, 11) is 0. The van der Waals surface area contributed by atoms with Crippen LogP contribution in [0.25, 0.3) is 0 Å². The molecule has 3 atom stereocenters. The Morgan fingerprint density at radius 3 is 2.60 bits per heavy atom. The maximum absolute atomic E-state index is 12.7. The minimum Gasteiger partial charge on any atom is -0.445 e. The van der Waals surface area contributed by atoms with Crippen LogP contribution in [-0.4, -0.2) is 60.2 Å². The largest absolute Gasteiger partial charge is 0.445 e. The van der Waals surface area contributed by atoms with E-state index in [2.05, 4.69) is 10.2 Å². The number of benzene rings is 1. The number of fused-ring (bicyclic) bond motifs is 1. The van der Waals surface area contributed by atoms with Crippen molar-refractivity contribution in [1.29, 1.82) is 0 Å². The van der Waals surface area contributed by atoms with Gasteiger partial charge in [0, 0.05) is 25.2 Å². The number of rotatable bonds is 3. The molecule has 0 bridgehead atoms. The molecule has 1 saturated carbocycles. The highest BCUT2D eigenvalue weighted by molar-refractivity contribution is 5.68. The molecule has 0 aromatic heterocycles. The fraction of sp³-hybridized carbons (Fsp3) is 0.650. The van der Waals surface area contributed by atoms with Crippen molar-refractivity contribution in [3.05, 3.63) is 35.9 Å². The summed E-state index contributed by atoms with van der Waals surface area (Å²) in [5, 5.41) is 3.72. The van der Waals surface area contributed by atoms with Crippen molar-refractivity contribution in [2.75, 3.05) is 26.2 Å². The number of likely N-dealkylation sites (tertiary alicyclic amines) is 1. The minimum absolute atomic E-state index is 0.151. The number of carbonyl (C=O) groups excluding carboxylic acids is 1. The van der Waals surface area contributed by atoms with Crippen LogP contribution >= 0.6 is 0 Å². The van der Waals surface area contributed by atoms with Crippen molar-refractivity contribution >= 4 is 6.09 Å². The number of nitrogens with one attached hydrogen (secondary N) is 1. The molecular weight excluding hydrogens is 314 g/mol. The Labute approximate surface area is 150 Å². The number of hydrogen-bond donors (Lipinski definition) is 1. The topological polar surface area (TPSA) is 44.8 Å². The normalized spacial score (nSPS) is 30.1. The number of nitrogens with zero attached hydrogens (tertiary/aromatic N) is 2. The van der Waals surface area contributed by atoms with E-state index in [4.69, 9.17) is 4.74 Å². The Bertz CT molecular complexity index is 574.